The van der Waals surface area contributed by atoms with Crippen LogP contribution in [-0.4, -0.2) is 21.0 Å². The van der Waals surface area contributed by atoms with Gasteiger partial charge in [0, 0.05) is 12.3 Å². The van der Waals surface area contributed by atoms with Gasteiger partial charge in [0.15, 0.2) is 28.8 Å². The number of aromatic nitrogens is 1. The van der Waals surface area contributed by atoms with Crippen LogP contribution in [0.2, 0.25) is 0 Å². The van der Waals surface area contributed by atoms with Crippen LogP contribution in [-0.2, 0) is 0 Å². The first-order chi connectivity index (χ1) is 10.0. The third kappa shape index (κ3) is 3.03. The van der Waals surface area contributed by atoms with Gasteiger partial charge in [-0.2, -0.15) is 0 Å². The van der Waals surface area contributed by atoms with Crippen LogP contribution in [0.25, 0.3) is 0 Å². The first kappa shape index (κ1) is 14.2. The number of pyridine rings is 1. The fourth-order valence-corrected chi connectivity index (χ4v) is 1.52. The number of nitro groups is 1. The van der Waals surface area contributed by atoms with E-state index in [1.807, 2.05) is 0 Å². The minimum absolute atomic E-state index is 0.0118. The molecule has 0 aliphatic carbocycles. The number of hydrogen-bond donors (Lipinski definition) is 2. The van der Waals surface area contributed by atoms with Gasteiger partial charge in [-0.05, 0) is 18.2 Å². The van der Waals surface area contributed by atoms with Crippen molar-refractivity contribution in [3.63, 3.8) is 0 Å². The van der Waals surface area contributed by atoms with Gasteiger partial charge in [-0.25, -0.2) is 9.37 Å². The SMILES string of the molecule is N/C(=N/O)c1ncccc1Oc1ccc([N+](=O)[O-])cc1F. The summed E-state index contributed by atoms with van der Waals surface area (Å²) < 4.78 is 19.0. The minimum atomic E-state index is -0.918. The number of rotatable bonds is 4. The zero-order valence-corrected chi connectivity index (χ0v) is 10.4. The van der Waals surface area contributed by atoms with Crippen molar-refractivity contribution < 1.29 is 19.3 Å². The van der Waals surface area contributed by atoms with Gasteiger partial charge in [0.1, 0.15) is 0 Å². The lowest BCUT2D eigenvalue weighted by Crippen LogP contribution is -2.16. The first-order valence-corrected chi connectivity index (χ1v) is 5.57. The minimum Gasteiger partial charge on any atom is -0.452 e. The van der Waals surface area contributed by atoms with Crippen molar-refractivity contribution in [1.29, 1.82) is 0 Å². The summed E-state index contributed by atoms with van der Waals surface area (Å²) in [5.74, 6) is -1.44. The number of ether oxygens (including phenoxy) is 1. The normalized spacial score (nSPS) is 11.2. The third-order valence-corrected chi connectivity index (χ3v) is 2.47. The molecule has 0 radical (unpaired) electrons. The van der Waals surface area contributed by atoms with Gasteiger partial charge < -0.3 is 15.7 Å². The first-order valence-electron chi connectivity index (χ1n) is 5.57. The molecule has 108 valence electrons. The summed E-state index contributed by atoms with van der Waals surface area (Å²) in [6.45, 7) is 0. The van der Waals surface area contributed by atoms with Crippen LogP contribution in [0.5, 0.6) is 11.5 Å². The van der Waals surface area contributed by atoms with Crippen molar-refractivity contribution in [2.45, 2.75) is 0 Å². The second kappa shape index (κ2) is 5.82. The second-order valence-electron chi connectivity index (χ2n) is 3.81. The highest BCUT2D eigenvalue weighted by atomic mass is 19.1. The predicted octanol–water partition coefficient (Wildman–Crippen LogP) is 2.02. The van der Waals surface area contributed by atoms with E-state index < -0.39 is 16.4 Å². The maximum atomic E-state index is 13.8. The summed E-state index contributed by atoms with van der Waals surface area (Å²) in [5.41, 5.74) is 5.04. The second-order valence-corrected chi connectivity index (χ2v) is 3.81. The summed E-state index contributed by atoms with van der Waals surface area (Å²) in [7, 11) is 0. The molecule has 0 unspecified atom stereocenters. The molecule has 1 heterocycles. The molecule has 0 saturated heterocycles. The van der Waals surface area contributed by atoms with E-state index in [1.54, 1.807) is 0 Å². The Balaban J connectivity index is 2.37. The molecule has 2 rings (SSSR count). The largest absolute Gasteiger partial charge is 0.452 e. The number of non-ortho nitro benzene ring substituents is 1. The highest BCUT2D eigenvalue weighted by Crippen LogP contribution is 2.28. The molecule has 2 aromatic rings. The molecule has 0 spiro atoms. The Bertz CT molecular complexity index is 720. The molecule has 9 heteroatoms. The summed E-state index contributed by atoms with van der Waals surface area (Å²) in [4.78, 5) is 13.7. The maximum Gasteiger partial charge on any atom is 0.272 e. The van der Waals surface area contributed by atoms with E-state index in [2.05, 4.69) is 10.1 Å². The zero-order chi connectivity index (χ0) is 15.4. The van der Waals surface area contributed by atoms with Crippen LogP contribution >= 0.6 is 0 Å². The Hall–Kier alpha value is -3.23. The highest BCUT2D eigenvalue weighted by molar-refractivity contribution is 5.97. The fraction of sp³-hybridized carbons (Fsp3) is 0. The topological polar surface area (TPSA) is 124 Å². The molecular formula is C12H9FN4O4. The van der Waals surface area contributed by atoms with Gasteiger partial charge in [-0.3, -0.25) is 10.1 Å². The molecule has 0 fully saturated rings. The monoisotopic (exact) mass is 292 g/mol. The van der Waals surface area contributed by atoms with Gasteiger partial charge in [0.25, 0.3) is 5.69 Å². The summed E-state index contributed by atoms with van der Waals surface area (Å²) in [6, 6.07) is 5.87. The molecule has 0 atom stereocenters. The number of amidine groups is 1. The fourth-order valence-electron chi connectivity index (χ4n) is 1.52. The van der Waals surface area contributed by atoms with E-state index in [9.17, 15) is 14.5 Å². The molecule has 8 nitrogen and oxygen atoms in total. The Morgan fingerprint density at radius 1 is 1.43 bits per heavy atom. The van der Waals surface area contributed by atoms with E-state index in [0.29, 0.717) is 0 Å². The molecule has 0 amide bonds. The smallest absolute Gasteiger partial charge is 0.272 e. The van der Waals surface area contributed by atoms with Crippen molar-refractivity contribution in [3.05, 3.63) is 58.2 Å². The van der Waals surface area contributed by atoms with Gasteiger partial charge in [-0.1, -0.05) is 5.16 Å². The lowest BCUT2D eigenvalue weighted by molar-refractivity contribution is -0.385. The molecule has 0 saturated carbocycles. The average Bonchev–Trinajstić information content (AvgIpc) is 2.49. The van der Waals surface area contributed by atoms with E-state index in [0.717, 1.165) is 18.2 Å². The number of hydrogen-bond acceptors (Lipinski definition) is 6. The van der Waals surface area contributed by atoms with Crippen LogP contribution < -0.4 is 10.5 Å². The Morgan fingerprint density at radius 3 is 2.81 bits per heavy atom. The quantitative estimate of drug-likeness (QED) is 0.292. The number of nitro benzene ring substituents is 1. The average molecular weight is 292 g/mol. The number of benzene rings is 1. The number of oxime groups is 1. The van der Waals surface area contributed by atoms with Crippen LogP contribution in [0.3, 0.4) is 0 Å². The van der Waals surface area contributed by atoms with Crippen molar-refractivity contribution in [3.8, 4) is 11.5 Å². The van der Waals surface area contributed by atoms with Gasteiger partial charge in [0.2, 0.25) is 0 Å². The molecule has 21 heavy (non-hydrogen) atoms. The third-order valence-electron chi connectivity index (χ3n) is 2.47. The van der Waals surface area contributed by atoms with Crippen molar-refractivity contribution in [1.82, 2.24) is 4.98 Å². The van der Waals surface area contributed by atoms with E-state index in [4.69, 9.17) is 15.7 Å². The molecule has 3 N–H and O–H groups in total. The van der Waals surface area contributed by atoms with Gasteiger partial charge in [0.05, 0.1) is 11.0 Å². The lowest BCUT2D eigenvalue weighted by atomic mass is 10.2. The zero-order valence-electron chi connectivity index (χ0n) is 10.4. The lowest BCUT2D eigenvalue weighted by Gasteiger charge is -2.09. The van der Waals surface area contributed by atoms with E-state index in [-0.39, 0.29) is 23.0 Å². The van der Waals surface area contributed by atoms with Crippen LogP contribution in [0.15, 0.2) is 41.7 Å². The molecule has 1 aromatic carbocycles. The highest BCUT2D eigenvalue weighted by Gasteiger charge is 2.15. The number of nitrogens with two attached hydrogens (primary N) is 1. The Kier molecular flexibility index (Phi) is 3.93. The standard InChI is InChI=1S/C12H9FN4O4/c13-8-6-7(17(19)20)3-4-9(8)21-10-2-1-5-15-11(10)12(14)16-18/h1-6,18H,(H2,14,16). The summed E-state index contributed by atoms with van der Waals surface area (Å²) >= 11 is 0. The number of nitrogens with zero attached hydrogens (tertiary/aromatic N) is 3. The maximum absolute atomic E-state index is 13.8. The van der Waals surface area contributed by atoms with Crippen molar-refractivity contribution >= 4 is 11.5 Å². The van der Waals surface area contributed by atoms with Gasteiger partial charge >= 0.3 is 0 Å². The van der Waals surface area contributed by atoms with Crippen LogP contribution in [0, 0.1) is 15.9 Å². The Morgan fingerprint density at radius 2 is 2.19 bits per heavy atom. The molecule has 1 aromatic heterocycles. The van der Waals surface area contributed by atoms with Crippen LogP contribution in [0.4, 0.5) is 10.1 Å². The van der Waals surface area contributed by atoms with Crippen molar-refractivity contribution in [2.75, 3.05) is 0 Å². The summed E-state index contributed by atoms with van der Waals surface area (Å²) in [6.07, 6.45) is 1.38. The van der Waals surface area contributed by atoms with E-state index in [1.165, 1.54) is 18.3 Å². The molecular weight excluding hydrogens is 283 g/mol. The predicted molar refractivity (Wildman–Crippen MR) is 69.9 cm³/mol. The molecule has 0 aliphatic rings. The van der Waals surface area contributed by atoms with Crippen LogP contribution in [0.1, 0.15) is 5.69 Å². The Labute approximate surface area is 117 Å². The van der Waals surface area contributed by atoms with Gasteiger partial charge in [-0.15, -0.1) is 0 Å². The number of halogens is 1. The van der Waals surface area contributed by atoms with Crippen molar-refractivity contribution in [2.24, 2.45) is 10.9 Å². The summed E-state index contributed by atoms with van der Waals surface area (Å²) in [5, 5.41) is 22.0. The molecule has 0 aliphatic heterocycles. The van der Waals surface area contributed by atoms with E-state index >= 15 is 0 Å². The molecule has 0 bridgehead atoms.